The van der Waals surface area contributed by atoms with E-state index in [1.807, 2.05) is 12.1 Å². The molecule has 0 radical (unpaired) electrons. The number of aryl methyl sites for hydroxylation is 1. The molecule has 0 bridgehead atoms. The van der Waals surface area contributed by atoms with Gasteiger partial charge in [-0.05, 0) is 62.8 Å². The van der Waals surface area contributed by atoms with Gasteiger partial charge >= 0.3 is 5.97 Å². The second-order valence-electron chi connectivity index (χ2n) is 10.1. The molecule has 186 valence electrons. The standard InChI is InChI=1S/C27H43NO5/c1-3-4-5-8-22(30)18-23(32-20(2)29)11-9-21-10-12-25(31)26(17-21)33-24-13-16-28-27(19-24)14-6-7-15-27/h10,12,17,22-24,28,30-31H,3-9,11,13-16,18-19H2,1-2H3. The third-order valence-corrected chi connectivity index (χ3v) is 7.23. The van der Waals surface area contributed by atoms with Crippen LogP contribution in [0.4, 0.5) is 0 Å². The molecule has 3 rings (SSSR count). The van der Waals surface area contributed by atoms with Gasteiger partial charge in [-0.3, -0.25) is 4.79 Å². The smallest absolute Gasteiger partial charge is 0.302 e. The van der Waals surface area contributed by atoms with Gasteiger partial charge in [-0.1, -0.05) is 45.1 Å². The molecule has 1 saturated carbocycles. The van der Waals surface area contributed by atoms with Gasteiger partial charge in [0.25, 0.3) is 0 Å². The van der Waals surface area contributed by atoms with Crippen molar-refractivity contribution < 1.29 is 24.5 Å². The molecule has 2 aliphatic rings. The molecule has 1 aliphatic heterocycles. The first-order valence-electron chi connectivity index (χ1n) is 13.0. The van der Waals surface area contributed by atoms with Crippen LogP contribution in [0, 0.1) is 0 Å². The molecule has 6 heteroatoms. The molecule has 0 amide bonds. The fraction of sp³-hybridized carbons (Fsp3) is 0.741. The lowest BCUT2D eigenvalue weighted by molar-refractivity contribution is -0.148. The number of phenolic OH excluding ortho intramolecular Hbond substituents is 1. The van der Waals surface area contributed by atoms with E-state index in [0.717, 1.165) is 50.6 Å². The number of carbonyl (C=O) groups is 1. The molecule has 3 atom stereocenters. The van der Waals surface area contributed by atoms with Crippen LogP contribution in [-0.4, -0.2) is 46.6 Å². The van der Waals surface area contributed by atoms with E-state index in [1.165, 1.54) is 32.6 Å². The Bertz CT molecular complexity index is 746. The molecule has 33 heavy (non-hydrogen) atoms. The van der Waals surface area contributed by atoms with Crippen molar-refractivity contribution in [3.8, 4) is 11.5 Å². The number of aliphatic hydroxyl groups excluding tert-OH is 1. The summed E-state index contributed by atoms with van der Waals surface area (Å²) >= 11 is 0. The Morgan fingerprint density at radius 3 is 2.76 bits per heavy atom. The number of phenols is 1. The molecule has 1 aromatic rings. The Labute approximate surface area is 199 Å². The first kappa shape index (κ1) is 25.8. The van der Waals surface area contributed by atoms with E-state index >= 15 is 0 Å². The van der Waals surface area contributed by atoms with Crippen LogP contribution in [0.1, 0.15) is 96.5 Å². The van der Waals surface area contributed by atoms with E-state index in [0.29, 0.717) is 25.0 Å². The van der Waals surface area contributed by atoms with Crippen molar-refractivity contribution >= 4 is 5.97 Å². The summed E-state index contributed by atoms with van der Waals surface area (Å²) in [5.74, 6) is 0.388. The van der Waals surface area contributed by atoms with Crippen LogP contribution in [0.3, 0.4) is 0 Å². The van der Waals surface area contributed by atoms with Gasteiger partial charge in [0.05, 0.1) is 6.10 Å². The Hall–Kier alpha value is -1.79. The fourth-order valence-electron chi connectivity index (χ4n) is 5.47. The zero-order chi connectivity index (χ0) is 23.7. The number of esters is 1. The quantitative estimate of drug-likeness (QED) is 0.299. The SMILES string of the molecule is CCCCCC(O)CC(CCc1ccc(O)c(OC2CCNC3(CCCC3)C2)c1)OC(C)=O. The molecule has 3 N–H and O–H groups in total. The van der Waals surface area contributed by atoms with Gasteiger partial charge in [-0.15, -0.1) is 0 Å². The van der Waals surface area contributed by atoms with Crippen molar-refractivity contribution in [1.82, 2.24) is 5.32 Å². The zero-order valence-electron chi connectivity index (χ0n) is 20.5. The molecule has 0 aromatic heterocycles. The van der Waals surface area contributed by atoms with Gasteiger partial charge < -0.3 is 25.0 Å². The van der Waals surface area contributed by atoms with Crippen molar-refractivity contribution in [3.63, 3.8) is 0 Å². The average molecular weight is 462 g/mol. The Morgan fingerprint density at radius 1 is 1.24 bits per heavy atom. The summed E-state index contributed by atoms with van der Waals surface area (Å²) in [4.78, 5) is 11.6. The Balaban J connectivity index is 1.56. The largest absolute Gasteiger partial charge is 0.504 e. The van der Waals surface area contributed by atoms with Crippen LogP contribution in [0.5, 0.6) is 11.5 Å². The highest BCUT2D eigenvalue weighted by atomic mass is 16.5. The van der Waals surface area contributed by atoms with Crippen molar-refractivity contribution in [2.45, 2.75) is 121 Å². The summed E-state index contributed by atoms with van der Waals surface area (Å²) in [5.41, 5.74) is 1.25. The topological polar surface area (TPSA) is 88.0 Å². The van der Waals surface area contributed by atoms with E-state index in [4.69, 9.17) is 9.47 Å². The lowest BCUT2D eigenvalue weighted by Gasteiger charge is -2.39. The molecule has 6 nitrogen and oxygen atoms in total. The maximum absolute atomic E-state index is 11.6. The number of benzene rings is 1. The summed E-state index contributed by atoms with van der Waals surface area (Å²) in [6, 6.07) is 5.50. The first-order valence-corrected chi connectivity index (χ1v) is 13.0. The molecule has 1 aromatic carbocycles. The summed E-state index contributed by atoms with van der Waals surface area (Å²) in [7, 11) is 0. The minimum atomic E-state index is -0.456. The van der Waals surface area contributed by atoms with E-state index in [9.17, 15) is 15.0 Å². The highest BCUT2D eigenvalue weighted by Gasteiger charge is 2.39. The van der Waals surface area contributed by atoms with E-state index in [-0.39, 0.29) is 29.5 Å². The highest BCUT2D eigenvalue weighted by Crippen LogP contribution is 2.38. The van der Waals surface area contributed by atoms with E-state index in [2.05, 4.69) is 12.2 Å². The van der Waals surface area contributed by atoms with Crippen LogP contribution in [0.2, 0.25) is 0 Å². The predicted octanol–water partition coefficient (Wildman–Crippen LogP) is 5.03. The second-order valence-corrected chi connectivity index (χ2v) is 10.1. The molecule has 3 unspecified atom stereocenters. The van der Waals surface area contributed by atoms with Gasteiger partial charge in [0.2, 0.25) is 0 Å². The van der Waals surface area contributed by atoms with Crippen LogP contribution in [-0.2, 0) is 16.0 Å². The van der Waals surface area contributed by atoms with Gasteiger partial charge in [0.1, 0.15) is 12.2 Å². The molecule has 1 saturated heterocycles. The summed E-state index contributed by atoms with van der Waals surface area (Å²) in [6.45, 7) is 4.51. The zero-order valence-corrected chi connectivity index (χ0v) is 20.5. The third-order valence-electron chi connectivity index (χ3n) is 7.23. The Kier molecular flexibility index (Phi) is 9.87. The Morgan fingerprint density at radius 2 is 2.03 bits per heavy atom. The van der Waals surface area contributed by atoms with Crippen LogP contribution >= 0.6 is 0 Å². The highest BCUT2D eigenvalue weighted by molar-refractivity contribution is 5.66. The number of rotatable bonds is 12. The van der Waals surface area contributed by atoms with Crippen molar-refractivity contribution in [1.29, 1.82) is 0 Å². The third kappa shape index (κ3) is 8.18. The fourth-order valence-corrected chi connectivity index (χ4v) is 5.47. The summed E-state index contributed by atoms with van der Waals surface area (Å²) in [6.07, 6.45) is 11.9. The number of hydrogen-bond donors (Lipinski definition) is 3. The number of aliphatic hydroxyl groups is 1. The average Bonchev–Trinajstić information content (AvgIpc) is 3.21. The van der Waals surface area contributed by atoms with Gasteiger partial charge in [-0.2, -0.15) is 0 Å². The normalized spacial score (nSPS) is 21.6. The number of nitrogens with one attached hydrogen (secondary N) is 1. The minimum absolute atomic E-state index is 0.109. The summed E-state index contributed by atoms with van der Waals surface area (Å²) < 4.78 is 11.8. The van der Waals surface area contributed by atoms with E-state index in [1.54, 1.807) is 6.07 Å². The van der Waals surface area contributed by atoms with Gasteiger partial charge in [0, 0.05) is 25.3 Å². The second kappa shape index (κ2) is 12.6. The molecule has 1 heterocycles. The van der Waals surface area contributed by atoms with Gasteiger partial charge in [0.15, 0.2) is 11.5 Å². The van der Waals surface area contributed by atoms with E-state index < -0.39 is 6.10 Å². The minimum Gasteiger partial charge on any atom is -0.504 e. The number of carbonyl (C=O) groups excluding carboxylic acids is 1. The summed E-state index contributed by atoms with van der Waals surface area (Å²) in [5, 5.41) is 24.5. The number of hydrogen-bond acceptors (Lipinski definition) is 6. The van der Waals surface area contributed by atoms with Crippen molar-refractivity contribution in [2.75, 3.05) is 6.54 Å². The number of piperidine rings is 1. The van der Waals surface area contributed by atoms with Crippen LogP contribution < -0.4 is 10.1 Å². The predicted molar refractivity (Wildman–Crippen MR) is 130 cm³/mol. The first-order chi connectivity index (χ1) is 15.9. The van der Waals surface area contributed by atoms with Crippen molar-refractivity contribution in [2.24, 2.45) is 0 Å². The van der Waals surface area contributed by atoms with Crippen LogP contribution in [0.25, 0.3) is 0 Å². The number of unbranched alkanes of at least 4 members (excludes halogenated alkanes) is 2. The molecule has 1 aliphatic carbocycles. The molecule has 2 fully saturated rings. The number of ether oxygens (including phenoxy) is 2. The molecule has 1 spiro atoms. The lowest BCUT2D eigenvalue weighted by Crippen LogP contribution is -2.51. The molecular weight excluding hydrogens is 418 g/mol. The van der Waals surface area contributed by atoms with Crippen molar-refractivity contribution in [3.05, 3.63) is 23.8 Å². The maximum Gasteiger partial charge on any atom is 0.302 e. The molecular formula is C27H43NO5. The number of aromatic hydroxyl groups is 1. The van der Waals surface area contributed by atoms with Gasteiger partial charge in [-0.25, -0.2) is 0 Å². The van der Waals surface area contributed by atoms with Crippen LogP contribution in [0.15, 0.2) is 18.2 Å². The lowest BCUT2D eigenvalue weighted by atomic mass is 9.86. The monoisotopic (exact) mass is 461 g/mol. The maximum atomic E-state index is 11.6.